The zero-order chi connectivity index (χ0) is 9.52. The first-order chi connectivity index (χ1) is 6.34. The molecule has 0 saturated heterocycles. The molecule has 0 heterocycles. The average molecular weight is 177 g/mol. The molecule has 1 aromatic carbocycles. The maximum absolute atomic E-state index is 5.88. The quantitative estimate of drug-likeness (QED) is 0.550. The van der Waals surface area contributed by atoms with E-state index >= 15 is 0 Å². The standard InChI is InChI=1S/C11H15NO/c1-2-8-13-9-11(12)10-6-4-3-5-7-10/h2-7,11H,1,8-9,12H2. The Morgan fingerprint density at radius 1 is 1.38 bits per heavy atom. The molecule has 0 aromatic heterocycles. The Morgan fingerprint density at radius 3 is 2.69 bits per heavy atom. The highest BCUT2D eigenvalue weighted by Crippen LogP contribution is 2.09. The summed E-state index contributed by atoms with van der Waals surface area (Å²) in [5.41, 5.74) is 6.98. The third-order valence-corrected chi connectivity index (χ3v) is 1.76. The van der Waals surface area contributed by atoms with Gasteiger partial charge in [-0.25, -0.2) is 0 Å². The Labute approximate surface area is 79.0 Å². The molecule has 0 aliphatic carbocycles. The molecule has 0 spiro atoms. The van der Waals surface area contributed by atoms with E-state index in [0.29, 0.717) is 13.2 Å². The van der Waals surface area contributed by atoms with E-state index in [2.05, 4.69) is 6.58 Å². The fourth-order valence-electron chi connectivity index (χ4n) is 1.07. The highest BCUT2D eigenvalue weighted by atomic mass is 16.5. The van der Waals surface area contributed by atoms with Crippen LogP contribution in [0, 0.1) is 0 Å². The van der Waals surface area contributed by atoms with Gasteiger partial charge >= 0.3 is 0 Å². The van der Waals surface area contributed by atoms with Crippen LogP contribution in [0.4, 0.5) is 0 Å². The van der Waals surface area contributed by atoms with E-state index < -0.39 is 0 Å². The summed E-state index contributed by atoms with van der Waals surface area (Å²) in [7, 11) is 0. The minimum absolute atomic E-state index is 0.0406. The fourth-order valence-corrected chi connectivity index (χ4v) is 1.07. The first-order valence-corrected chi connectivity index (χ1v) is 4.33. The number of hydrogen-bond acceptors (Lipinski definition) is 2. The largest absolute Gasteiger partial charge is 0.375 e. The molecule has 1 aromatic rings. The van der Waals surface area contributed by atoms with Gasteiger partial charge in [0, 0.05) is 0 Å². The van der Waals surface area contributed by atoms with Gasteiger partial charge in [0.1, 0.15) is 0 Å². The Hall–Kier alpha value is -1.12. The molecular weight excluding hydrogens is 162 g/mol. The fraction of sp³-hybridized carbons (Fsp3) is 0.273. The summed E-state index contributed by atoms with van der Waals surface area (Å²) in [5.74, 6) is 0. The third-order valence-electron chi connectivity index (χ3n) is 1.76. The van der Waals surface area contributed by atoms with Crippen LogP contribution in [0.5, 0.6) is 0 Å². The summed E-state index contributed by atoms with van der Waals surface area (Å²) in [6.45, 7) is 4.66. The van der Waals surface area contributed by atoms with E-state index in [1.807, 2.05) is 30.3 Å². The zero-order valence-electron chi connectivity index (χ0n) is 7.65. The minimum atomic E-state index is -0.0406. The molecule has 1 atom stereocenters. The Bertz CT molecular complexity index is 246. The van der Waals surface area contributed by atoms with Crippen LogP contribution >= 0.6 is 0 Å². The summed E-state index contributed by atoms with van der Waals surface area (Å²) < 4.78 is 5.26. The van der Waals surface area contributed by atoms with Crippen LogP contribution in [0.3, 0.4) is 0 Å². The maximum Gasteiger partial charge on any atom is 0.0663 e. The van der Waals surface area contributed by atoms with Crippen molar-refractivity contribution in [3.05, 3.63) is 48.6 Å². The number of hydrogen-bond donors (Lipinski definition) is 1. The van der Waals surface area contributed by atoms with Gasteiger partial charge in [-0.3, -0.25) is 0 Å². The summed E-state index contributed by atoms with van der Waals surface area (Å²) >= 11 is 0. The molecule has 2 heteroatoms. The minimum Gasteiger partial charge on any atom is -0.375 e. The van der Waals surface area contributed by atoms with Crippen molar-refractivity contribution in [1.82, 2.24) is 0 Å². The monoisotopic (exact) mass is 177 g/mol. The van der Waals surface area contributed by atoms with Crippen LogP contribution in [0.15, 0.2) is 43.0 Å². The number of nitrogens with two attached hydrogens (primary N) is 1. The van der Waals surface area contributed by atoms with Crippen LogP contribution < -0.4 is 5.73 Å². The Morgan fingerprint density at radius 2 is 2.08 bits per heavy atom. The van der Waals surface area contributed by atoms with E-state index in [-0.39, 0.29) is 6.04 Å². The summed E-state index contributed by atoms with van der Waals surface area (Å²) in [6.07, 6.45) is 1.72. The van der Waals surface area contributed by atoms with Crippen LogP contribution in [0.25, 0.3) is 0 Å². The summed E-state index contributed by atoms with van der Waals surface area (Å²) in [5, 5.41) is 0. The molecule has 0 bridgehead atoms. The zero-order valence-corrected chi connectivity index (χ0v) is 7.65. The van der Waals surface area contributed by atoms with Crippen LogP contribution in [-0.2, 0) is 4.74 Å². The van der Waals surface area contributed by atoms with Gasteiger partial charge in [0.2, 0.25) is 0 Å². The van der Waals surface area contributed by atoms with Crippen LogP contribution in [-0.4, -0.2) is 13.2 Å². The van der Waals surface area contributed by atoms with Gasteiger partial charge in [0.15, 0.2) is 0 Å². The lowest BCUT2D eigenvalue weighted by Crippen LogP contribution is -2.16. The van der Waals surface area contributed by atoms with Gasteiger partial charge in [-0.1, -0.05) is 36.4 Å². The van der Waals surface area contributed by atoms with E-state index in [0.717, 1.165) is 5.56 Å². The van der Waals surface area contributed by atoms with Crippen molar-refractivity contribution in [3.63, 3.8) is 0 Å². The van der Waals surface area contributed by atoms with Gasteiger partial charge in [0.25, 0.3) is 0 Å². The Kier molecular flexibility index (Phi) is 4.23. The predicted molar refractivity (Wildman–Crippen MR) is 54.4 cm³/mol. The third kappa shape index (κ3) is 3.40. The molecule has 1 unspecified atom stereocenters. The van der Waals surface area contributed by atoms with Crippen molar-refractivity contribution >= 4 is 0 Å². The van der Waals surface area contributed by atoms with Crippen LogP contribution in [0.2, 0.25) is 0 Å². The lowest BCUT2D eigenvalue weighted by atomic mass is 10.1. The van der Waals surface area contributed by atoms with Crippen molar-refractivity contribution in [1.29, 1.82) is 0 Å². The molecule has 2 nitrogen and oxygen atoms in total. The lowest BCUT2D eigenvalue weighted by molar-refractivity contribution is 0.147. The van der Waals surface area contributed by atoms with Crippen molar-refractivity contribution in [2.75, 3.05) is 13.2 Å². The smallest absolute Gasteiger partial charge is 0.0663 e. The summed E-state index contributed by atoms with van der Waals surface area (Å²) in [6, 6.07) is 9.89. The molecule has 0 radical (unpaired) electrons. The van der Waals surface area contributed by atoms with Gasteiger partial charge < -0.3 is 10.5 Å². The normalized spacial score (nSPS) is 12.4. The first-order valence-electron chi connectivity index (χ1n) is 4.33. The molecule has 13 heavy (non-hydrogen) atoms. The Balaban J connectivity index is 2.39. The molecular formula is C11H15NO. The molecule has 0 aliphatic heterocycles. The topological polar surface area (TPSA) is 35.2 Å². The lowest BCUT2D eigenvalue weighted by Gasteiger charge is -2.11. The highest BCUT2D eigenvalue weighted by molar-refractivity contribution is 5.18. The average Bonchev–Trinajstić information content (AvgIpc) is 2.19. The summed E-state index contributed by atoms with van der Waals surface area (Å²) in [4.78, 5) is 0. The molecule has 70 valence electrons. The van der Waals surface area contributed by atoms with Gasteiger partial charge in [-0.2, -0.15) is 0 Å². The number of benzene rings is 1. The van der Waals surface area contributed by atoms with Crippen molar-refractivity contribution in [3.8, 4) is 0 Å². The number of ether oxygens (including phenoxy) is 1. The van der Waals surface area contributed by atoms with Crippen LogP contribution in [0.1, 0.15) is 11.6 Å². The van der Waals surface area contributed by atoms with Crippen molar-refractivity contribution in [2.45, 2.75) is 6.04 Å². The highest BCUT2D eigenvalue weighted by Gasteiger charge is 2.03. The SMILES string of the molecule is C=CCOCC(N)c1ccccc1. The predicted octanol–water partition coefficient (Wildman–Crippen LogP) is 1.89. The maximum atomic E-state index is 5.88. The molecule has 0 saturated carbocycles. The second kappa shape index (κ2) is 5.51. The molecule has 0 amide bonds. The first kappa shape index (κ1) is 9.96. The number of rotatable bonds is 5. The molecule has 1 rings (SSSR count). The van der Waals surface area contributed by atoms with Gasteiger partial charge in [0.05, 0.1) is 19.3 Å². The van der Waals surface area contributed by atoms with Crippen molar-refractivity contribution < 1.29 is 4.74 Å². The van der Waals surface area contributed by atoms with E-state index in [9.17, 15) is 0 Å². The second-order valence-corrected chi connectivity index (χ2v) is 2.84. The van der Waals surface area contributed by atoms with E-state index in [1.54, 1.807) is 6.08 Å². The van der Waals surface area contributed by atoms with Crippen molar-refractivity contribution in [2.24, 2.45) is 5.73 Å². The van der Waals surface area contributed by atoms with Gasteiger partial charge in [-0.15, -0.1) is 6.58 Å². The molecule has 0 fully saturated rings. The van der Waals surface area contributed by atoms with E-state index in [4.69, 9.17) is 10.5 Å². The van der Waals surface area contributed by atoms with Gasteiger partial charge in [-0.05, 0) is 5.56 Å². The molecule has 2 N–H and O–H groups in total. The molecule has 0 aliphatic rings. The second-order valence-electron chi connectivity index (χ2n) is 2.84. The van der Waals surface area contributed by atoms with E-state index in [1.165, 1.54) is 0 Å².